The van der Waals surface area contributed by atoms with E-state index >= 15 is 0 Å². The van der Waals surface area contributed by atoms with E-state index in [-0.39, 0.29) is 19.1 Å². The molecule has 3 N–H and O–H groups in total. The van der Waals surface area contributed by atoms with Crippen LogP contribution in [0, 0.1) is 0 Å². The lowest BCUT2D eigenvalue weighted by molar-refractivity contribution is -0.142. The number of rotatable bonds is 6. The zero-order valence-corrected chi connectivity index (χ0v) is 10.1. The molecule has 1 fully saturated rings. The van der Waals surface area contributed by atoms with Gasteiger partial charge in [0.15, 0.2) is 0 Å². The standard InChI is InChI=1S/C10H17N3O5/c1-13-4-2-7(9(13)16)12-10(17)11-3-5-18-6-8(14)15/h7H,2-6H2,1H3,(H,14,15)(H2,11,12,17). The number of ether oxygens (including phenoxy) is 1. The number of likely N-dealkylation sites (tertiary alicyclic amines) is 1. The maximum absolute atomic E-state index is 11.5. The minimum atomic E-state index is -1.06. The molecular formula is C10H17N3O5. The van der Waals surface area contributed by atoms with Gasteiger partial charge in [-0.3, -0.25) is 4.79 Å². The van der Waals surface area contributed by atoms with E-state index in [1.807, 2.05) is 0 Å². The van der Waals surface area contributed by atoms with Gasteiger partial charge in [-0.15, -0.1) is 0 Å². The predicted octanol–water partition coefficient (Wildman–Crippen LogP) is -1.38. The Morgan fingerprint density at radius 2 is 2.28 bits per heavy atom. The molecule has 102 valence electrons. The highest BCUT2D eigenvalue weighted by Gasteiger charge is 2.29. The van der Waals surface area contributed by atoms with Gasteiger partial charge in [-0.1, -0.05) is 0 Å². The van der Waals surface area contributed by atoms with E-state index in [1.54, 1.807) is 11.9 Å². The third-order valence-corrected chi connectivity index (χ3v) is 2.49. The molecule has 18 heavy (non-hydrogen) atoms. The van der Waals surface area contributed by atoms with Crippen molar-refractivity contribution in [3.63, 3.8) is 0 Å². The first kappa shape index (κ1) is 14.2. The molecule has 0 bridgehead atoms. The Labute approximate surface area is 104 Å². The van der Waals surface area contributed by atoms with E-state index in [0.717, 1.165) is 0 Å². The van der Waals surface area contributed by atoms with E-state index < -0.39 is 24.6 Å². The van der Waals surface area contributed by atoms with Crippen LogP contribution in [-0.2, 0) is 14.3 Å². The number of carboxylic acids is 1. The van der Waals surface area contributed by atoms with Gasteiger partial charge >= 0.3 is 12.0 Å². The Bertz CT molecular complexity index is 333. The minimum absolute atomic E-state index is 0.104. The van der Waals surface area contributed by atoms with Crippen molar-refractivity contribution in [2.75, 3.05) is 33.4 Å². The van der Waals surface area contributed by atoms with Crippen molar-refractivity contribution in [3.05, 3.63) is 0 Å². The Morgan fingerprint density at radius 3 is 2.83 bits per heavy atom. The number of carbonyl (C=O) groups excluding carboxylic acids is 2. The van der Waals surface area contributed by atoms with Gasteiger partial charge in [-0.05, 0) is 6.42 Å². The fraction of sp³-hybridized carbons (Fsp3) is 0.700. The molecule has 1 atom stereocenters. The number of amides is 3. The number of nitrogens with one attached hydrogen (secondary N) is 2. The molecule has 8 nitrogen and oxygen atoms in total. The van der Waals surface area contributed by atoms with Crippen molar-refractivity contribution < 1.29 is 24.2 Å². The second-order valence-electron chi connectivity index (χ2n) is 3.95. The summed E-state index contributed by atoms with van der Waals surface area (Å²) in [6.07, 6.45) is 0.596. The molecule has 0 radical (unpaired) electrons. The third-order valence-electron chi connectivity index (χ3n) is 2.49. The van der Waals surface area contributed by atoms with E-state index in [0.29, 0.717) is 13.0 Å². The first-order valence-corrected chi connectivity index (χ1v) is 5.59. The molecule has 1 heterocycles. The Hall–Kier alpha value is -1.83. The van der Waals surface area contributed by atoms with Crippen molar-refractivity contribution in [1.29, 1.82) is 0 Å². The summed E-state index contributed by atoms with van der Waals surface area (Å²) in [7, 11) is 1.68. The minimum Gasteiger partial charge on any atom is -0.480 e. The van der Waals surface area contributed by atoms with Crippen LogP contribution in [0.15, 0.2) is 0 Å². The van der Waals surface area contributed by atoms with E-state index in [4.69, 9.17) is 9.84 Å². The van der Waals surface area contributed by atoms with Gasteiger partial charge in [0.25, 0.3) is 0 Å². The zero-order chi connectivity index (χ0) is 13.5. The van der Waals surface area contributed by atoms with Crippen LogP contribution in [-0.4, -0.2) is 67.3 Å². The average molecular weight is 259 g/mol. The normalized spacial score (nSPS) is 18.8. The highest BCUT2D eigenvalue weighted by molar-refractivity contribution is 5.88. The summed E-state index contributed by atoms with van der Waals surface area (Å²) >= 11 is 0. The topological polar surface area (TPSA) is 108 Å². The summed E-state index contributed by atoms with van der Waals surface area (Å²) < 4.78 is 4.74. The third kappa shape index (κ3) is 4.58. The van der Waals surface area contributed by atoms with Crippen LogP contribution in [0.2, 0.25) is 0 Å². The molecule has 0 saturated carbocycles. The summed E-state index contributed by atoms with van der Waals surface area (Å²) in [5, 5.41) is 13.3. The lowest BCUT2D eigenvalue weighted by Crippen LogP contribution is -2.46. The predicted molar refractivity (Wildman–Crippen MR) is 61.0 cm³/mol. The van der Waals surface area contributed by atoms with Crippen LogP contribution in [0.25, 0.3) is 0 Å². The summed E-state index contributed by atoms with van der Waals surface area (Å²) in [6, 6.07) is -0.933. The van der Waals surface area contributed by atoms with E-state index in [1.165, 1.54) is 0 Å². The fourth-order valence-electron chi connectivity index (χ4n) is 1.56. The molecule has 1 rings (SSSR count). The van der Waals surface area contributed by atoms with Crippen LogP contribution in [0.5, 0.6) is 0 Å². The number of hydrogen-bond acceptors (Lipinski definition) is 4. The smallest absolute Gasteiger partial charge is 0.329 e. The van der Waals surface area contributed by atoms with Crippen LogP contribution in [0.4, 0.5) is 4.79 Å². The van der Waals surface area contributed by atoms with Crippen molar-refractivity contribution in [1.82, 2.24) is 15.5 Å². The number of hydrogen-bond donors (Lipinski definition) is 3. The number of urea groups is 1. The maximum atomic E-state index is 11.5. The lowest BCUT2D eigenvalue weighted by Gasteiger charge is -2.12. The molecule has 1 aliphatic heterocycles. The molecular weight excluding hydrogens is 242 g/mol. The van der Waals surface area contributed by atoms with Gasteiger partial charge in [0.2, 0.25) is 5.91 Å². The van der Waals surface area contributed by atoms with Gasteiger partial charge in [0, 0.05) is 20.1 Å². The lowest BCUT2D eigenvalue weighted by atomic mass is 10.2. The summed E-state index contributed by atoms with van der Waals surface area (Å²) in [6.45, 7) is 0.537. The highest BCUT2D eigenvalue weighted by atomic mass is 16.5. The Kier molecular flexibility index (Phi) is 5.37. The number of likely N-dealkylation sites (N-methyl/N-ethyl adjacent to an activating group) is 1. The van der Waals surface area contributed by atoms with Crippen molar-refractivity contribution in [3.8, 4) is 0 Å². The number of carbonyl (C=O) groups is 3. The highest BCUT2D eigenvalue weighted by Crippen LogP contribution is 2.07. The largest absolute Gasteiger partial charge is 0.480 e. The molecule has 0 aromatic rings. The van der Waals surface area contributed by atoms with Crippen LogP contribution in [0.3, 0.4) is 0 Å². The van der Waals surface area contributed by atoms with Crippen LogP contribution < -0.4 is 10.6 Å². The monoisotopic (exact) mass is 259 g/mol. The van der Waals surface area contributed by atoms with Crippen molar-refractivity contribution >= 4 is 17.9 Å². The first-order valence-electron chi connectivity index (χ1n) is 5.59. The summed E-state index contributed by atoms with van der Waals surface area (Å²) in [4.78, 5) is 34.6. The molecule has 0 aromatic carbocycles. The average Bonchev–Trinajstić information content (AvgIpc) is 2.60. The zero-order valence-electron chi connectivity index (χ0n) is 10.1. The Morgan fingerprint density at radius 1 is 1.56 bits per heavy atom. The second-order valence-corrected chi connectivity index (χ2v) is 3.95. The fourth-order valence-corrected chi connectivity index (χ4v) is 1.56. The number of nitrogens with zero attached hydrogens (tertiary/aromatic N) is 1. The van der Waals surface area contributed by atoms with Crippen LogP contribution in [0.1, 0.15) is 6.42 Å². The molecule has 0 spiro atoms. The SMILES string of the molecule is CN1CCC(NC(=O)NCCOCC(=O)O)C1=O. The molecule has 3 amide bonds. The van der Waals surface area contributed by atoms with Gasteiger partial charge in [-0.25, -0.2) is 9.59 Å². The number of carboxylic acid groups (broad SMARTS) is 1. The molecule has 0 aromatic heterocycles. The van der Waals surface area contributed by atoms with Crippen LogP contribution >= 0.6 is 0 Å². The summed E-state index contributed by atoms with van der Waals surface area (Å²) in [5.41, 5.74) is 0. The quantitative estimate of drug-likeness (QED) is 0.509. The first-order chi connectivity index (χ1) is 8.50. The molecule has 1 aliphatic rings. The molecule has 1 unspecified atom stereocenters. The Balaban J connectivity index is 2.11. The molecule has 1 saturated heterocycles. The van der Waals surface area contributed by atoms with Gasteiger partial charge in [0.05, 0.1) is 6.61 Å². The van der Waals surface area contributed by atoms with Gasteiger partial charge < -0.3 is 25.4 Å². The number of aliphatic carboxylic acids is 1. The molecule has 8 heteroatoms. The maximum Gasteiger partial charge on any atom is 0.329 e. The van der Waals surface area contributed by atoms with Gasteiger partial charge in [-0.2, -0.15) is 0 Å². The van der Waals surface area contributed by atoms with Gasteiger partial charge in [0.1, 0.15) is 12.6 Å². The van der Waals surface area contributed by atoms with Crippen molar-refractivity contribution in [2.45, 2.75) is 12.5 Å². The van der Waals surface area contributed by atoms with E-state index in [9.17, 15) is 14.4 Å². The second kappa shape index (κ2) is 6.80. The van der Waals surface area contributed by atoms with E-state index in [2.05, 4.69) is 10.6 Å². The summed E-state index contributed by atoms with van der Waals surface area (Å²) in [5.74, 6) is -1.16. The van der Waals surface area contributed by atoms with Crippen molar-refractivity contribution in [2.24, 2.45) is 0 Å². The molecule has 0 aliphatic carbocycles.